The molecule has 190 valence electrons. The average Bonchev–Trinajstić information content (AvgIpc) is 3.29. The highest BCUT2D eigenvalue weighted by Gasteiger charge is 2.35. The van der Waals surface area contributed by atoms with Gasteiger partial charge in [0.1, 0.15) is 15.8 Å². The van der Waals surface area contributed by atoms with E-state index in [-0.39, 0.29) is 27.9 Å². The molecule has 0 spiro atoms. The van der Waals surface area contributed by atoms with Crippen LogP contribution in [0, 0.1) is 0 Å². The minimum Gasteiger partial charge on any atom is -0.493 e. The van der Waals surface area contributed by atoms with Crippen molar-refractivity contribution in [3.63, 3.8) is 0 Å². The van der Waals surface area contributed by atoms with E-state index >= 15 is 0 Å². The topological polar surface area (TPSA) is 128 Å². The fraction of sp³-hybridized carbons (Fsp3) is 0.364. The number of ether oxygens (including phenoxy) is 1. The zero-order valence-electron chi connectivity index (χ0n) is 18.7. The summed E-state index contributed by atoms with van der Waals surface area (Å²) in [4.78, 5) is 17.7. The molecule has 2 aromatic carbocycles. The van der Waals surface area contributed by atoms with Crippen LogP contribution in [-0.2, 0) is 27.2 Å². The summed E-state index contributed by atoms with van der Waals surface area (Å²) < 4.78 is 62.0. The lowest BCUT2D eigenvalue weighted by molar-refractivity contribution is -0.138. The van der Waals surface area contributed by atoms with Crippen molar-refractivity contribution in [3.05, 3.63) is 64.7 Å². The van der Waals surface area contributed by atoms with Gasteiger partial charge in [0.15, 0.2) is 0 Å². The number of phosphoric ester groups is 1. The molecule has 13 heteroatoms. The number of benzene rings is 2. The number of hydrogen-bond acceptors (Lipinski definition) is 7. The van der Waals surface area contributed by atoms with Gasteiger partial charge in [0.05, 0.1) is 24.3 Å². The number of phosphoric acid groups is 1. The number of nitrogens with two attached hydrogens (primary N) is 1. The molecule has 0 aliphatic heterocycles. The van der Waals surface area contributed by atoms with Gasteiger partial charge >= 0.3 is 14.0 Å². The van der Waals surface area contributed by atoms with Gasteiger partial charge in [-0.3, -0.25) is 4.52 Å². The second kappa shape index (κ2) is 11.2. The predicted octanol–water partition coefficient (Wildman–Crippen LogP) is 4.91. The van der Waals surface area contributed by atoms with Crippen molar-refractivity contribution < 1.29 is 36.8 Å². The first-order chi connectivity index (χ1) is 16.4. The van der Waals surface area contributed by atoms with Crippen molar-refractivity contribution in [3.8, 4) is 16.3 Å². The molecule has 0 radical (unpaired) electrons. The van der Waals surface area contributed by atoms with E-state index in [1.807, 2.05) is 30.3 Å². The molecule has 0 unspecified atom stereocenters. The van der Waals surface area contributed by atoms with E-state index in [2.05, 4.69) is 14.7 Å². The van der Waals surface area contributed by atoms with Crippen LogP contribution in [0.1, 0.15) is 35.9 Å². The molecule has 35 heavy (non-hydrogen) atoms. The van der Waals surface area contributed by atoms with Crippen molar-refractivity contribution in [1.29, 1.82) is 0 Å². The fourth-order valence-corrected chi connectivity index (χ4v) is 4.44. The summed E-state index contributed by atoms with van der Waals surface area (Å²) in [6, 6.07) is 13.4. The summed E-state index contributed by atoms with van der Waals surface area (Å²) in [6.07, 6.45) is -2.46. The Morgan fingerprint density at radius 2 is 1.80 bits per heavy atom. The number of alkyl halides is 3. The van der Waals surface area contributed by atoms with E-state index in [9.17, 15) is 17.7 Å². The summed E-state index contributed by atoms with van der Waals surface area (Å²) >= 11 is 0.903. The van der Waals surface area contributed by atoms with Gasteiger partial charge in [-0.1, -0.05) is 41.7 Å². The van der Waals surface area contributed by atoms with Crippen LogP contribution in [0.4, 0.5) is 13.2 Å². The third kappa shape index (κ3) is 8.09. The maximum absolute atomic E-state index is 13.7. The molecule has 8 nitrogen and oxygen atoms in total. The summed E-state index contributed by atoms with van der Waals surface area (Å²) in [5.41, 5.74) is 4.99. The Bertz CT molecular complexity index is 1170. The van der Waals surface area contributed by atoms with Crippen LogP contribution in [-0.4, -0.2) is 33.2 Å². The van der Waals surface area contributed by atoms with Crippen molar-refractivity contribution in [2.75, 3.05) is 13.2 Å². The van der Waals surface area contributed by atoms with Crippen LogP contribution in [0.5, 0.6) is 5.75 Å². The maximum atomic E-state index is 13.7. The first-order valence-electron chi connectivity index (χ1n) is 10.6. The lowest BCUT2D eigenvalue weighted by Crippen LogP contribution is -2.37. The minimum absolute atomic E-state index is 0.142. The van der Waals surface area contributed by atoms with Crippen LogP contribution in [0.2, 0.25) is 0 Å². The van der Waals surface area contributed by atoms with Crippen molar-refractivity contribution in [2.24, 2.45) is 5.73 Å². The monoisotopic (exact) mass is 531 g/mol. The van der Waals surface area contributed by atoms with Crippen LogP contribution < -0.4 is 10.5 Å². The number of hydrogen-bond donors (Lipinski definition) is 3. The van der Waals surface area contributed by atoms with E-state index in [0.29, 0.717) is 6.42 Å². The molecular weight excluding hydrogens is 506 g/mol. The first kappa shape index (κ1) is 27.3. The summed E-state index contributed by atoms with van der Waals surface area (Å²) in [7, 11) is -4.76. The van der Waals surface area contributed by atoms with E-state index in [1.54, 1.807) is 0 Å². The fourth-order valence-electron chi connectivity index (χ4n) is 3.12. The molecule has 4 N–H and O–H groups in total. The number of rotatable bonds is 11. The molecule has 0 aliphatic rings. The van der Waals surface area contributed by atoms with Gasteiger partial charge in [0.25, 0.3) is 0 Å². The van der Waals surface area contributed by atoms with Crippen molar-refractivity contribution in [1.82, 2.24) is 10.2 Å². The summed E-state index contributed by atoms with van der Waals surface area (Å²) in [6.45, 7) is 1.00. The molecule has 0 bridgehead atoms. The quantitative estimate of drug-likeness (QED) is 0.235. The predicted molar refractivity (Wildman–Crippen MR) is 125 cm³/mol. The van der Waals surface area contributed by atoms with Gasteiger partial charge in [0.2, 0.25) is 0 Å². The van der Waals surface area contributed by atoms with Gasteiger partial charge in [-0.15, -0.1) is 10.2 Å². The lowest BCUT2D eigenvalue weighted by Gasteiger charge is -2.21. The average molecular weight is 531 g/mol. The molecule has 1 atom stereocenters. The number of halogens is 3. The van der Waals surface area contributed by atoms with Gasteiger partial charge in [0, 0.05) is 5.56 Å². The largest absolute Gasteiger partial charge is 0.493 e. The SMILES string of the molecule is C[C@](N)(COP(=O)(O)O)c1nnc(-c2ccc(OCCCCc3ccccc3)c(C(F)(F)F)c2)s1. The number of aromatic nitrogens is 2. The van der Waals surface area contributed by atoms with Crippen molar-refractivity contribution in [2.45, 2.75) is 37.9 Å². The second-order valence-electron chi connectivity index (χ2n) is 8.09. The van der Waals surface area contributed by atoms with Crippen LogP contribution in [0.3, 0.4) is 0 Å². The normalized spacial score (nSPS) is 14.0. The van der Waals surface area contributed by atoms with E-state index in [0.717, 1.165) is 35.8 Å². The van der Waals surface area contributed by atoms with E-state index < -0.39 is 31.7 Å². The first-order valence-corrected chi connectivity index (χ1v) is 12.9. The third-order valence-electron chi connectivity index (χ3n) is 4.94. The zero-order valence-corrected chi connectivity index (χ0v) is 20.4. The van der Waals surface area contributed by atoms with Gasteiger partial charge in [-0.25, -0.2) is 4.57 Å². The van der Waals surface area contributed by atoms with Crippen LogP contribution in [0.15, 0.2) is 48.5 Å². The molecule has 1 heterocycles. The third-order valence-corrected chi connectivity index (χ3v) is 6.66. The number of unbranched alkanes of at least 4 members (excludes halogenated alkanes) is 1. The standard InChI is InChI=1S/C22H25F3N3O5PS/c1-21(26,14-33-34(29,30)31)20-28-27-19(35-20)16-10-11-18(17(13-16)22(23,24)25)32-12-6-5-9-15-7-3-2-4-8-15/h2-4,7-8,10-11,13H,5-6,9,12,14,26H2,1H3,(H2,29,30,31)/t21-/m0/s1. The van der Waals surface area contributed by atoms with E-state index in [1.165, 1.54) is 19.1 Å². The Morgan fingerprint density at radius 3 is 2.46 bits per heavy atom. The molecule has 3 rings (SSSR count). The summed E-state index contributed by atoms with van der Waals surface area (Å²) in [5.74, 6) is -0.274. The molecule has 0 amide bonds. The number of aryl methyl sites for hydroxylation is 1. The Hall–Kier alpha value is -2.34. The molecule has 0 saturated heterocycles. The van der Waals surface area contributed by atoms with Gasteiger partial charge in [-0.2, -0.15) is 13.2 Å². The van der Waals surface area contributed by atoms with Crippen LogP contribution in [0.25, 0.3) is 10.6 Å². The highest BCUT2D eigenvalue weighted by molar-refractivity contribution is 7.46. The molecule has 3 aromatic rings. The van der Waals surface area contributed by atoms with E-state index in [4.69, 9.17) is 20.3 Å². The van der Waals surface area contributed by atoms with Gasteiger partial charge in [-0.05, 0) is 49.9 Å². The maximum Gasteiger partial charge on any atom is 0.469 e. The molecule has 0 saturated carbocycles. The highest BCUT2D eigenvalue weighted by Crippen LogP contribution is 2.41. The molecule has 1 aromatic heterocycles. The van der Waals surface area contributed by atoms with Crippen molar-refractivity contribution >= 4 is 19.2 Å². The molecule has 0 aliphatic carbocycles. The second-order valence-corrected chi connectivity index (χ2v) is 10.3. The van der Waals surface area contributed by atoms with Crippen LogP contribution >= 0.6 is 19.2 Å². The Labute approximate surface area is 204 Å². The Kier molecular flexibility index (Phi) is 8.68. The Balaban J connectivity index is 1.69. The summed E-state index contributed by atoms with van der Waals surface area (Å²) in [5, 5.41) is 8.07. The Morgan fingerprint density at radius 1 is 1.09 bits per heavy atom. The highest BCUT2D eigenvalue weighted by atomic mass is 32.1. The van der Waals surface area contributed by atoms with Gasteiger partial charge < -0.3 is 20.3 Å². The smallest absolute Gasteiger partial charge is 0.469 e. The minimum atomic E-state index is -4.76. The molecule has 0 fully saturated rings. The lowest BCUT2D eigenvalue weighted by atomic mass is 10.1. The molecular formula is C22H25F3N3O5PS. The zero-order chi connectivity index (χ0) is 25.7. The number of nitrogens with zero attached hydrogens (tertiary/aromatic N) is 2.